The molecule has 0 aliphatic rings. The van der Waals surface area contributed by atoms with Crippen molar-refractivity contribution >= 4 is 0 Å². The van der Waals surface area contributed by atoms with Gasteiger partial charge in [0.15, 0.2) is 6.29 Å². The lowest BCUT2D eigenvalue weighted by Crippen LogP contribution is -2.46. The summed E-state index contributed by atoms with van der Waals surface area (Å²) in [5, 5.41) is 18.7. The van der Waals surface area contributed by atoms with Crippen LogP contribution in [0.3, 0.4) is 0 Å². The van der Waals surface area contributed by atoms with Crippen LogP contribution in [0.15, 0.2) is 0 Å². The Morgan fingerprint density at radius 2 is 1.62 bits per heavy atom. The van der Waals surface area contributed by atoms with Gasteiger partial charge in [-0.3, -0.25) is 0 Å². The minimum Gasteiger partial charge on any atom is -0.387 e. The molecule has 0 saturated heterocycles. The molecule has 0 saturated carbocycles. The second kappa shape index (κ2) is 4.91. The van der Waals surface area contributed by atoms with E-state index < -0.39 is 24.1 Å². The lowest BCUT2D eigenvalue weighted by molar-refractivity contribution is -0.188. The zero-order valence-electron chi connectivity index (χ0n) is 8.94. The van der Waals surface area contributed by atoms with E-state index in [0.717, 1.165) is 0 Å². The Labute approximate surface area is 79.5 Å². The van der Waals surface area contributed by atoms with E-state index in [-0.39, 0.29) is 0 Å². The van der Waals surface area contributed by atoms with E-state index >= 15 is 0 Å². The van der Waals surface area contributed by atoms with Crippen LogP contribution in [-0.4, -0.2) is 41.4 Å². The van der Waals surface area contributed by atoms with Gasteiger partial charge in [0.1, 0.15) is 6.10 Å². The van der Waals surface area contributed by atoms with Gasteiger partial charge >= 0.3 is 0 Å². The van der Waals surface area contributed by atoms with Gasteiger partial charge in [0.25, 0.3) is 0 Å². The maximum Gasteiger partial charge on any atom is 0.152 e. The molecule has 3 atom stereocenters. The van der Waals surface area contributed by atoms with Crippen LogP contribution in [0.2, 0.25) is 0 Å². The fourth-order valence-corrected chi connectivity index (χ4v) is 1.07. The van der Waals surface area contributed by atoms with Crippen molar-refractivity contribution in [1.82, 2.24) is 0 Å². The van der Waals surface area contributed by atoms with E-state index in [1.165, 1.54) is 14.0 Å². The number of aliphatic hydroxyl groups is 2. The quantitative estimate of drug-likeness (QED) is 0.623. The molecule has 0 aromatic carbocycles. The summed E-state index contributed by atoms with van der Waals surface area (Å²) in [6.45, 7) is 6.72. The summed E-state index contributed by atoms with van der Waals surface area (Å²) in [6.07, 6.45) is -2.11. The molecule has 1 unspecified atom stereocenters. The van der Waals surface area contributed by atoms with Crippen molar-refractivity contribution in [2.24, 2.45) is 0 Å². The maximum atomic E-state index is 9.73. The summed E-state index contributed by atoms with van der Waals surface area (Å²) in [5.41, 5.74) is -0.672. The van der Waals surface area contributed by atoms with Gasteiger partial charge in [-0.1, -0.05) is 0 Å². The molecule has 0 aliphatic carbocycles. The predicted molar refractivity (Wildman–Crippen MR) is 49.3 cm³/mol. The molecule has 2 N–H and O–H groups in total. The minimum atomic E-state index is -0.877. The normalized spacial score (nSPS) is 19.6. The molecular formula is C9H20O4. The average molecular weight is 192 g/mol. The number of hydrogen-bond acceptors (Lipinski definition) is 4. The van der Waals surface area contributed by atoms with Crippen molar-refractivity contribution in [1.29, 1.82) is 0 Å². The van der Waals surface area contributed by atoms with Crippen molar-refractivity contribution in [3.8, 4) is 0 Å². The van der Waals surface area contributed by atoms with Gasteiger partial charge in [0.05, 0.1) is 11.7 Å². The number of methoxy groups -OCH3 is 1. The van der Waals surface area contributed by atoms with Crippen LogP contribution < -0.4 is 0 Å². The molecule has 0 amide bonds. The molecule has 0 aromatic rings. The van der Waals surface area contributed by atoms with E-state index in [0.29, 0.717) is 0 Å². The molecule has 13 heavy (non-hydrogen) atoms. The standard InChI is InChI=1S/C9H20O4/c1-6(13-7(2)10)8(11)9(3,4)12-5/h6-8,10-11H,1-5H3/t6-,7?,8-/m0/s1. The van der Waals surface area contributed by atoms with E-state index in [2.05, 4.69) is 0 Å². The SMILES string of the molecule is COC(C)(C)[C@@H](O)[C@H](C)OC(C)O. The third-order valence-corrected chi connectivity index (χ3v) is 2.09. The molecule has 4 nitrogen and oxygen atoms in total. The third kappa shape index (κ3) is 4.04. The van der Waals surface area contributed by atoms with E-state index in [1.807, 2.05) is 0 Å². The minimum absolute atomic E-state index is 0.463. The zero-order chi connectivity index (χ0) is 10.6. The molecular weight excluding hydrogens is 172 g/mol. The summed E-state index contributed by atoms with van der Waals surface area (Å²) in [6, 6.07) is 0. The molecule has 4 heteroatoms. The van der Waals surface area contributed by atoms with Crippen molar-refractivity contribution in [3.05, 3.63) is 0 Å². The van der Waals surface area contributed by atoms with Gasteiger partial charge in [-0.15, -0.1) is 0 Å². The Kier molecular flexibility index (Phi) is 4.85. The number of hydrogen-bond donors (Lipinski definition) is 2. The van der Waals surface area contributed by atoms with Crippen LogP contribution in [0.5, 0.6) is 0 Å². The van der Waals surface area contributed by atoms with Gasteiger partial charge in [0, 0.05) is 7.11 Å². The van der Waals surface area contributed by atoms with Crippen LogP contribution in [0.4, 0.5) is 0 Å². The first-order valence-corrected chi connectivity index (χ1v) is 4.38. The van der Waals surface area contributed by atoms with Gasteiger partial charge in [-0.25, -0.2) is 0 Å². The molecule has 0 spiro atoms. The zero-order valence-corrected chi connectivity index (χ0v) is 8.94. The van der Waals surface area contributed by atoms with Gasteiger partial charge in [0.2, 0.25) is 0 Å². The fourth-order valence-electron chi connectivity index (χ4n) is 1.07. The Bertz CT molecular complexity index is 145. The summed E-state index contributed by atoms with van der Waals surface area (Å²) >= 11 is 0. The van der Waals surface area contributed by atoms with Gasteiger partial charge < -0.3 is 19.7 Å². The molecule has 0 fully saturated rings. The topological polar surface area (TPSA) is 58.9 Å². The van der Waals surface area contributed by atoms with E-state index in [4.69, 9.17) is 14.6 Å². The van der Waals surface area contributed by atoms with Crippen molar-refractivity contribution in [3.63, 3.8) is 0 Å². The van der Waals surface area contributed by atoms with Crippen LogP contribution in [0.25, 0.3) is 0 Å². The van der Waals surface area contributed by atoms with Crippen molar-refractivity contribution < 1.29 is 19.7 Å². The predicted octanol–water partition coefficient (Wildman–Crippen LogP) is 0.516. The Hall–Kier alpha value is -0.160. The summed E-state index contributed by atoms with van der Waals surface area (Å²) in [7, 11) is 1.53. The monoisotopic (exact) mass is 192 g/mol. The average Bonchev–Trinajstić information content (AvgIpc) is 2.01. The van der Waals surface area contributed by atoms with Crippen LogP contribution in [0.1, 0.15) is 27.7 Å². The van der Waals surface area contributed by atoms with E-state index in [1.54, 1.807) is 20.8 Å². The Morgan fingerprint density at radius 3 is 1.92 bits per heavy atom. The van der Waals surface area contributed by atoms with Gasteiger partial charge in [-0.2, -0.15) is 0 Å². The summed E-state index contributed by atoms with van der Waals surface area (Å²) < 4.78 is 10.1. The summed E-state index contributed by atoms with van der Waals surface area (Å²) in [4.78, 5) is 0. The first-order chi connectivity index (χ1) is 5.81. The molecule has 0 rings (SSSR count). The molecule has 0 aliphatic heterocycles. The molecule has 0 aromatic heterocycles. The lowest BCUT2D eigenvalue weighted by Gasteiger charge is -2.33. The lowest BCUT2D eigenvalue weighted by atomic mass is 9.97. The number of rotatable bonds is 5. The number of aliphatic hydroxyl groups excluding tert-OH is 2. The molecule has 0 bridgehead atoms. The van der Waals surface area contributed by atoms with Crippen LogP contribution in [0, 0.1) is 0 Å². The van der Waals surface area contributed by atoms with Gasteiger partial charge in [-0.05, 0) is 27.7 Å². The smallest absolute Gasteiger partial charge is 0.152 e. The Balaban J connectivity index is 4.16. The first kappa shape index (κ1) is 12.8. The van der Waals surface area contributed by atoms with E-state index in [9.17, 15) is 5.11 Å². The maximum absolute atomic E-state index is 9.73. The highest BCUT2D eigenvalue weighted by molar-refractivity contribution is 4.83. The number of ether oxygens (including phenoxy) is 2. The Morgan fingerprint density at radius 1 is 1.15 bits per heavy atom. The van der Waals surface area contributed by atoms with Crippen molar-refractivity contribution in [2.75, 3.05) is 7.11 Å². The van der Waals surface area contributed by atoms with Crippen molar-refractivity contribution in [2.45, 2.75) is 51.8 Å². The highest BCUT2D eigenvalue weighted by Gasteiger charge is 2.33. The first-order valence-electron chi connectivity index (χ1n) is 4.38. The fraction of sp³-hybridized carbons (Fsp3) is 1.00. The molecule has 0 heterocycles. The second-order valence-corrected chi connectivity index (χ2v) is 3.69. The largest absolute Gasteiger partial charge is 0.387 e. The molecule has 80 valence electrons. The summed E-state index contributed by atoms with van der Waals surface area (Å²) in [5.74, 6) is 0. The van der Waals surface area contributed by atoms with Crippen LogP contribution in [-0.2, 0) is 9.47 Å². The molecule has 0 radical (unpaired) electrons. The third-order valence-electron chi connectivity index (χ3n) is 2.09. The highest BCUT2D eigenvalue weighted by Crippen LogP contribution is 2.18. The van der Waals surface area contributed by atoms with Crippen LogP contribution >= 0.6 is 0 Å². The highest BCUT2D eigenvalue weighted by atomic mass is 16.6. The second-order valence-electron chi connectivity index (χ2n) is 3.69.